The summed E-state index contributed by atoms with van der Waals surface area (Å²) in [5, 5.41) is 3.43. The Balaban J connectivity index is 1.85. The Morgan fingerprint density at radius 1 is 1.28 bits per heavy atom. The van der Waals surface area contributed by atoms with Crippen LogP contribution in [0, 0.1) is 11.8 Å². The predicted octanol–water partition coefficient (Wildman–Crippen LogP) is 2.24. The van der Waals surface area contributed by atoms with Gasteiger partial charge in [-0.3, -0.25) is 0 Å². The Morgan fingerprint density at radius 3 is 2.44 bits per heavy atom. The Labute approximate surface area is 110 Å². The minimum absolute atomic E-state index is 0.157. The lowest BCUT2D eigenvalue weighted by atomic mass is 9.95. The van der Waals surface area contributed by atoms with Crippen molar-refractivity contribution in [2.24, 2.45) is 11.8 Å². The molecule has 104 valence electrons. The molecule has 2 fully saturated rings. The number of nitrogens with zero attached hydrogens (tertiary/aromatic N) is 1. The summed E-state index contributed by atoms with van der Waals surface area (Å²) >= 11 is 0. The SMILES string of the molecule is CNC(C1CC1)C1CCN(C(=O)OC(C)(C)C)C1. The second-order valence-electron chi connectivity index (χ2n) is 6.63. The minimum atomic E-state index is -0.395. The van der Waals surface area contributed by atoms with Crippen LogP contribution in [-0.2, 0) is 4.74 Å². The lowest BCUT2D eigenvalue weighted by Gasteiger charge is -2.26. The van der Waals surface area contributed by atoms with Gasteiger partial charge >= 0.3 is 6.09 Å². The van der Waals surface area contributed by atoms with E-state index in [4.69, 9.17) is 4.74 Å². The Kier molecular flexibility index (Phi) is 3.85. The van der Waals surface area contributed by atoms with Gasteiger partial charge in [0, 0.05) is 19.1 Å². The molecule has 0 radical (unpaired) electrons. The number of nitrogens with one attached hydrogen (secondary N) is 1. The molecular formula is C14H26N2O2. The molecule has 1 heterocycles. The molecule has 2 unspecified atom stereocenters. The van der Waals surface area contributed by atoms with E-state index in [0.29, 0.717) is 12.0 Å². The minimum Gasteiger partial charge on any atom is -0.444 e. The molecule has 2 rings (SSSR count). The van der Waals surface area contributed by atoms with E-state index in [1.54, 1.807) is 0 Å². The quantitative estimate of drug-likeness (QED) is 0.840. The molecule has 1 amide bonds. The molecule has 0 aromatic carbocycles. The number of carbonyl (C=O) groups is 1. The van der Waals surface area contributed by atoms with Crippen LogP contribution in [0.2, 0.25) is 0 Å². The fourth-order valence-electron chi connectivity index (χ4n) is 2.88. The van der Waals surface area contributed by atoms with Crippen LogP contribution in [-0.4, -0.2) is 42.8 Å². The average Bonchev–Trinajstić information content (AvgIpc) is 2.94. The number of carbonyl (C=O) groups excluding carboxylic acids is 1. The monoisotopic (exact) mass is 254 g/mol. The molecule has 1 aliphatic carbocycles. The second kappa shape index (κ2) is 5.08. The van der Waals surface area contributed by atoms with E-state index in [9.17, 15) is 4.79 Å². The number of hydrogen-bond acceptors (Lipinski definition) is 3. The van der Waals surface area contributed by atoms with Crippen LogP contribution in [0.3, 0.4) is 0 Å². The number of ether oxygens (including phenoxy) is 1. The topological polar surface area (TPSA) is 41.6 Å². The maximum Gasteiger partial charge on any atom is 0.410 e. The van der Waals surface area contributed by atoms with E-state index >= 15 is 0 Å². The van der Waals surface area contributed by atoms with E-state index in [2.05, 4.69) is 5.32 Å². The fourth-order valence-corrected chi connectivity index (χ4v) is 2.88. The highest BCUT2D eigenvalue weighted by molar-refractivity contribution is 5.68. The maximum atomic E-state index is 12.0. The molecule has 0 spiro atoms. The lowest BCUT2D eigenvalue weighted by molar-refractivity contribution is 0.0285. The molecule has 2 atom stereocenters. The van der Waals surface area contributed by atoms with Gasteiger partial charge in [-0.2, -0.15) is 0 Å². The van der Waals surface area contributed by atoms with Gasteiger partial charge in [-0.15, -0.1) is 0 Å². The number of likely N-dealkylation sites (tertiary alicyclic amines) is 1. The van der Waals surface area contributed by atoms with Crippen LogP contribution in [0.15, 0.2) is 0 Å². The third kappa shape index (κ3) is 3.37. The van der Waals surface area contributed by atoms with Crippen molar-refractivity contribution in [3.8, 4) is 0 Å². The zero-order valence-electron chi connectivity index (χ0n) is 12.0. The normalized spacial score (nSPS) is 26.2. The highest BCUT2D eigenvalue weighted by Crippen LogP contribution is 2.38. The molecule has 4 nitrogen and oxygen atoms in total. The average molecular weight is 254 g/mol. The molecular weight excluding hydrogens is 228 g/mol. The maximum absolute atomic E-state index is 12.0. The zero-order chi connectivity index (χ0) is 13.3. The molecule has 1 N–H and O–H groups in total. The molecule has 2 aliphatic rings. The Hall–Kier alpha value is -0.770. The number of rotatable bonds is 3. The molecule has 18 heavy (non-hydrogen) atoms. The third-order valence-electron chi connectivity index (χ3n) is 3.85. The van der Waals surface area contributed by atoms with Crippen LogP contribution < -0.4 is 5.32 Å². The van der Waals surface area contributed by atoms with Crippen molar-refractivity contribution in [1.29, 1.82) is 0 Å². The van der Waals surface area contributed by atoms with Crippen LogP contribution in [0.1, 0.15) is 40.0 Å². The van der Waals surface area contributed by atoms with Gasteiger partial charge in [0.15, 0.2) is 0 Å². The van der Waals surface area contributed by atoms with Crippen LogP contribution in [0.4, 0.5) is 4.79 Å². The van der Waals surface area contributed by atoms with E-state index in [0.717, 1.165) is 25.4 Å². The van der Waals surface area contributed by atoms with Crippen LogP contribution in [0.25, 0.3) is 0 Å². The van der Waals surface area contributed by atoms with Gasteiger partial charge in [0.1, 0.15) is 5.60 Å². The second-order valence-corrected chi connectivity index (χ2v) is 6.63. The summed E-state index contributed by atoms with van der Waals surface area (Å²) in [4.78, 5) is 13.8. The Bertz CT molecular complexity index is 307. The van der Waals surface area contributed by atoms with Crippen molar-refractivity contribution >= 4 is 6.09 Å². The van der Waals surface area contributed by atoms with Gasteiger partial charge in [0.05, 0.1) is 0 Å². The fraction of sp³-hybridized carbons (Fsp3) is 0.929. The van der Waals surface area contributed by atoms with E-state index in [1.807, 2.05) is 32.7 Å². The van der Waals surface area contributed by atoms with Gasteiger partial charge in [0.2, 0.25) is 0 Å². The van der Waals surface area contributed by atoms with Gasteiger partial charge < -0.3 is 15.0 Å². The molecule has 4 heteroatoms. The first-order valence-corrected chi connectivity index (χ1v) is 7.06. The first kappa shape index (κ1) is 13.7. The summed E-state index contributed by atoms with van der Waals surface area (Å²) in [5.41, 5.74) is -0.395. The lowest BCUT2D eigenvalue weighted by Crippen LogP contribution is -2.39. The number of hydrogen-bond donors (Lipinski definition) is 1. The van der Waals surface area contributed by atoms with E-state index in [1.165, 1.54) is 12.8 Å². The summed E-state index contributed by atoms with van der Waals surface area (Å²) in [6, 6.07) is 0.581. The summed E-state index contributed by atoms with van der Waals surface area (Å²) < 4.78 is 5.43. The summed E-state index contributed by atoms with van der Waals surface area (Å²) in [5.74, 6) is 1.42. The highest BCUT2D eigenvalue weighted by atomic mass is 16.6. The molecule has 0 aromatic rings. The van der Waals surface area contributed by atoms with Gasteiger partial charge in [-0.1, -0.05) is 0 Å². The largest absolute Gasteiger partial charge is 0.444 e. The summed E-state index contributed by atoms with van der Waals surface area (Å²) in [6.45, 7) is 7.43. The van der Waals surface area contributed by atoms with Gasteiger partial charge in [0.25, 0.3) is 0 Å². The van der Waals surface area contributed by atoms with Gasteiger partial charge in [-0.25, -0.2) is 4.79 Å². The van der Waals surface area contributed by atoms with Crippen molar-refractivity contribution < 1.29 is 9.53 Å². The molecule has 0 bridgehead atoms. The van der Waals surface area contributed by atoms with Gasteiger partial charge in [-0.05, 0) is 58.9 Å². The molecule has 1 aliphatic heterocycles. The highest BCUT2D eigenvalue weighted by Gasteiger charge is 2.40. The smallest absolute Gasteiger partial charge is 0.410 e. The van der Waals surface area contributed by atoms with E-state index < -0.39 is 5.60 Å². The predicted molar refractivity (Wildman–Crippen MR) is 71.5 cm³/mol. The van der Waals surface area contributed by atoms with Crippen molar-refractivity contribution in [2.45, 2.75) is 51.7 Å². The standard InChI is InChI=1S/C14H26N2O2/c1-14(2,3)18-13(17)16-8-7-11(9-16)12(15-4)10-5-6-10/h10-12,15H,5-9H2,1-4H3. The summed E-state index contributed by atoms with van der Waals surface area (Å²) in [7, 11) is 2.04. The third-order valence-corrected chi connectivity index (χ3v) is 3.85. The summed E-state index contributed by atoms with van der Waals surface area (Å²) in [6.07, 6.45) is 3.63. The molecule has 1 saturated carbocycles. The van der Waals surface area contributed by atoms with Crippen LogP contribution in [0.5, 0.6) is 0 Å². The molecule has 0 aromatic heterocycles. The zero-order valence-corrected chi connectivity index (χ0v) is 12.0. The van der Waals surface area contributed by atoms with E-state index in [-0.39, 0.29) is 6.09 Å². The number of amides is 1. The van der Waals surface area contributed by atoms with Crippen molar-refractivity contribution in [3.63, 3.8) is 0 Å². The first-order chi connectivity index (χ1) is 8.40. The molecule has 1 saturated heterocycles. The van der Waals surface area contributed by atoms with Crippen molar-refractivity contribution in [3.05, 3.63) is 0 Å². The Morgan fingerprint density at radius 2 is 1.94 bits per heavy atom. The van der Waals surface area contributed by atoms with Crippen molar-refractivity contribution in [2.75, 3.05) is 20.1 Å². The van der Waals surface area contributed by atoms with Crippen LogP contribution >= 0.6 is 0 Å². The first-order valence-electron chi connectivity index (χ1n) is 7.06. The van der Waals surface area contributed by atoms with Crippen molar-refractivity contribution in [1.82, 2.24) is 10.2 Å².